The molecule has 0 bridgehead atoms. The Morgan fingerprint density at radius 3 is 2.88 bits per heavy atom. The van der Waals surface area contributed by atoms with E-state index in [0.717, 1.165) is 15.8 Å². The van der Waals surface area contributed by atoms with Crippen molar-refractivity contribution >= 4 is 39.5 Å². The minimum Gasteiger partial charge on any atom is -0.337 e. The van der Waals surface area contributed by atoms with E-state index in [9.17, 15) is 0 Å². The van der Waals surface area contributed by atoms with Gasteiger partial charge in [-0.25, -0.2) is 0 Å². The van der Waals surface area contributed by atoms with Crippen molar-refractivity contribution in [1.29, 1.82) is 0 Å². The molecule has 2 rings (SSSR count). The fraction of sp³-hybridized carbons (Fsp3) is 0.364. The molecule has 0 aliphatic rings. The maximum Gasteiger partial charge on any atom is 0.177 e. The molecule has 0 aliphatic carbocycles. The zero-order valence-corrected chi connectivity index (χ0v) is 12.4. The summed E-state index contributed by atoms with van der Waals surface area (Å²) in [6.07, 6.45) is 2.01. The average molecular weight is 317 g/mol. The van der Waals surface area contributed by atoms with Gasteiger partial charge in [-0.2, -0.15) is 0 Å². The Morgan fingerprint density at radius 2 is 2.31 bits per heavy atom. The second kappa shape index (κ2) is 4.85. The molecule has 0 unspecified atom stereocenters. The molecule has 2 heterocycles. The number of H-pyrrole nitrogens is 1. The van der Waals surface area contributed by atoms with Crippen LogP contribution in [0.25, 0.3) is 0 Å². The van der Waals surface area contributed by atoms with Gasteiger partial charge in [0.15, 0.2) is 4.77 Å². The van der Waals surface area contributed by atoms with Crippen LogP contribution in [0.1, 0.15) is 30.3 Å². The summed E-state index contributed by atoms with van der Waals surface area (Å²) in [6, 6.07) is 2.07. The van der Waals surface area contributed by atoms with Gasteiger partial charge in [0.1, 0.15) is 0 Å². The number of hydrogen-bond donors (Lipinski definition) is 1. The van der Waals surface area contributed by atoms with Crippen LogP contribution in [0.2, 0.25) is 0 Å². The van der Waals surface area contributed by atoms with Gasteiger partial charge in [-0.05, 0) is 45.5 Å². The highest BCUT2D eigenvalue weighted by Crippen LogP contribution is 2.25. The zero-order valence-electron chi connectivity index (χ0n) is 9.16. The first-order chi connectivity index (χ1) is 7.59. The summed E-state index contributed by atoms with van der Waals surface area (Å²) in [5, 5.41) is 2.09. The first-order valence-electron chi connectivity index (χ1n) is 5.09. The highest BCUT2D eigenvalue weighted by atomic mass is 79.9. The van der Waals surface area contributed by atoms with Crippen LogP contribution in [0.4, 0.5) is 0 Å². The van der Waals surface area contributed by atoms with Gasteiger partial charge in [0.05, 0.1) is 6.54 Å². The quantitative estimate of drug-likeness (QED) is 0.824. The molecule has 2 aromatic rings. The van der Waals surface area contributed by atoms with Crippen molar-refractivity contribution in [2.75, 3.05) is 0 Å². The smallest absolute Gasteiger partial charge is 0.177 e. The molecule has 5 heteroatoms. The van der Waals surface area contributed by atoms with Crippen LogP contribution in [-0.4, -0.2) is 9.55 Å². The number of aromatic amines is 1. The van der Waals surface area contributed by atoms with Crippen molar-refractivity contribution in [2.45, 2.75) is 26.3 Å². The van der Waals surface area contributed by atoms with E-state index in [-0.39, 0.29) is 0 Å². The number of nitrogens with one attached hydrogen (secondary N) is 1. The number of halogens is 1. The van der Waals surface area contributed by atoms with Gasteiger partial charge in [0.2, 0.25) is 0 Å². The first kappa shape index (κ1) is 12.1. The Morgan fingerprint density at radius 1 is 1.56 bits per heavy atom. The molecular weight excluding hydrogens is 304 g/mol. The topological polar surface area (TPSA) is 20.7 Å². The number of rotatable bonds is 3. The summed E-state index contributed by atoms with van der Waals surface area (Å²) in [4.78, 5) is 4.42. The predicted molar refractivity (Wildman–Crippen MR) is 74.8 cm³/mol. The second-order valence-electron chi connectivity index (χ2n) is 3.95. The Bertz CT molecular complexity index is 536. The van der Waals surface area contributed by atoms with Gasteiger partial charge in [-0.3, -0.25) is 0 Å². The van der Waals surface area contributed by atoms with Gasteiger partial charge >= 0.3 is 0 Å². The fourth-order valence-corrected chi connectivity index (χ4v) is 3.33. The molecule has 0 atom stereocenters. The summed E-state index contributed by atoms with van der Waals surface area (Å²) >= 11 is 10.6. The maximum atomic E-state index is 5.31. The highest BCUT2D eigenvalue weighted by Gasteiger charge is 2.10. The molecule has 2 aromatic heterocycles. The third-order valence-corrected chi connectivity index (χ3v) is 4.73. The third kappa shape index (κ3) is 2.31. The molecule has 0 radical (unpaired) electrons. The average Bonchev–Trinajstić information content (AvgIpc) is 2.76. The molecule has 2 nitrogen and oxygen atoms in total. The van der Waals surface area contributed by atoms with Crippen LogP contribution in [-0.2, 0) is 6.54 Å². The van der Waals surface area contributed by atoms with Crippen molar-refractivity contribution in [3.63, 3.8) is 0 Å². The van der Waals surface area contributed by atoms with Gasteiger partial charge < -0.3 is 9.55 Å². The zero-order chi connectivity index (χ0) is 11.7. The first-order valence-corrected chi connectivity index (χ1v) is 7.17. The number of imidazole rings is 1. The van der Waals surface area contributed by atoms with Crippen molar-refractivity contribution < 1.29 is 0 Å². The monoisotopic (exact) mass is 316 g/mol. The summed E-state index contributed by atoms with van der Waals surface area (Å²) in [5.41, 5.74) is 1.25. The molecule has 1 N–H and O–H groups in total. The molecular formula is C11H13BrN2S2. The van der Waals surface area contributed by atoms with E-state index in [1.807, 2.05) is 6.20 Å². The van der Waals surface area contributed by atoms with Crippen molar-refractivity contribution in [3.05, 3.63) is 37.5 Å². The lowest BCUT2D eigenvalue weighted by molar-refractivity contribution is 0.689. The van der Waals surface area contributed by atoms with E-state index in [4.69, 9.17) is 12.2 Å². The highest BCUT2D eigenvalue weighted by molar-refractivity contribution is 9.10. The normalized spacial score (nSPS) is 11.2. The van der Waals surface area contributed by atoms with Crippen molar-refractivity contribution in [2.24, 2.45) is 0 Å². The molecule has 0 amide bonds. The van der Waals surface area contributed by atoms with Gasteiger partial charge in [-0.1, -0.05) is 13.8 Å². The van der Waals surface area contributed by atoms with Crippen LogP contribution in [0, 0.1) is 4.77 Å². The Labute approximate surface area is 112 Å². The van der Waals surface area contributed by atoms with E-state index in [1.165, 1.54) is 10.6 Å². The van der Waals surface area contributed by atoms with Gasteiger partial charge in [0.25, 0.3) is 0 Å². The molecule has 0 spiro atoms. The van der Waals surface area contributed by atoms with Crippen molar-refractivity contribution in [3.8, 4) is 0 Å². The maximum absolute atomic E-state index is 5.31. The third-order valence-electron chi connectivity index (χ3n) is 2.48. The number of thiophene rings is 1. The number of aromatic nitrogens is 2. The summed E-state index contributed by atoms with van der Waals surface area (Å²) < 4.78 is 4.12. The molecule has 0 aliphatic heterocycles. The van der Waals surface area contributed by atoms with Gasteiger partial charge in [0, 0.05) is 21.2 Å². The van der Waals surface area contributed by atoms with E-state index >= 15 is 0 Å². The lowest BCUT2D eigenvalue weighted by atomic mass is 10.1. The molecule has 0 saturated carbocycles. The minimum atomic E-state index is 0.478. The summed E-state index contributed by atoms with van der Waals surface area (Å²) in [7, 11) is 0. The Hall–Kier alpha value is -0.390. The lowest BCUT2D eigenvalue weighted by Crippen LogP contribution is -2.05. The number of nitrogens with zero attached hydrogens (tertiary/aromatic N) is 1. The van der Waals surface area contributed by atoms with Crippen LogP contribution in [0.3, 0.4) is 0 Å². The second-order valence-corrected chi connectivity index (χ2v) is 6.19. The van der Waals surface area contributed by atoms with Crippen LogP contribution in [0.5, 0.6) is 0 Å². The largest absolute Gasteiger partial charge is 0.337 e. The minimum absolute atomic E-state index is 0.478. The molecule has 16 heavy (non-hydrogen) atoms. The molecule has 0 aromatic carbocycles. The van der Waals surface area contributed by atoms with Crippen molar-refractivity contribution in [1.82, 2.24) is 9.55 Å². The number of hydrogen-bond acceptors (Lipinski definition) is 2. The predicted octanol–water partition coefficient (Wildman–Crippen LogP) is 4.54. The van der Waals surface area contributed by atoms with Crippen LogP contribution < -0.4 is 0 Å². The summed E-state index contributed by atoms with van der Waals surface area (Å²) in [5.74, 6) is 0.478. The Balaban J connectivity index is 2.38. The molecule has 86 valence electrons. The van der Waals surface area contributed by atoms with E-state index in [1.54, 1.807) is 11.3 Å². The SMILES string of the molecule is CC(C)c1c[nH]c(=S)n1Cc1sccc1Br. The van der Waals surface area contributed by atoms with Crippen LogP contribution in [0.15, 0.2) is 22.1 Å². The van der Waals surface area contributed by atoms with E-state index < -0.39 is 0 Å². The van der Waals surface area contributed by atoms with Crippen LogP contribution >= 0.6 is 39.5 Å². The van der Waals surface area contributed by atoms with E-state index in [2.05, 4.69) is 50.8 Å². The lowest BCUT2D eigenvalue weighted by Gasteiger charge is -2.10. The standard InChI is InChI=1S/C11H13BrN2S2/c1-7(2)9-5-13-11(15)14(9)6-10-8(12)3-4-16-10/h3-5,7H,6H2,1-2H3,(H,13,15). The summed E-state index contributed by atoms with van der Waals surface area (Å²) in [6.45, 7) is 5.20. The van der Waals surface area contributed by atoms with E-state index in [0.29, 0.717) is 5.92 Å². The fourth-order valence-electron chi connectivity index (χ4n) is 1.63. The van der Waals surface area contributed by atoms with Gasteiger partial charge in [-0.15, -0.1) is 11.3 Å². The molecule has 0 fully saturated rings. The Kier molecular flexibility index (Phi) is 3.66. The molecule has 0 saturated heterocycles.